The summed E-state index contributed by atoms with van der Waals surface area (Å²) in [6.45, 7) is 3.39. The number of carbonyl (C=O) groups is 2. The molecule has 4 nitrogen and oxygen atoms in total. The van der Waals surface area contributed by atoms with Gasteiger partial charge in [0.2, 0.25) is 11.8 Å². The second-order valence-electron chi connectivity index (χ2n) is 4.98. The van der Waals surface area contributed by atoms with E-state index >= 15 is 0 Å². The summed E-state index contributed by atoms with van der Waals surface area (Å²) in [7, 11) is 0. The van der Waals surface area contributed by atoms with E-state index in [9.17, 15) is 9.59 Å². The SMILES string of the molecule is C[C@H](NC(=O)Cc1ccccc1)C(=O)N1CCCC1. The molecule has 1 aliphatic heterocycles. The molecule has 2 amide bonds. The monoisotopic (exact) mass is 260 g/mol. The number of benzene rings is 1. The lowest BCUT2D eigenvalue weighted by Gasteiger charge is -2.21. The molecule has 2 rings (SSSR count). The molecular weight excluding hydrogens is 240 g/mol. The van der Waals surface area contributed by atoms with Crippen LogP contribution in [0.4, 0.5) is 0 Å². The maximum absolute atomic E-state index is 12.0. The van der Waals surface area contributed by atoms with E-state index in [1.165, 1.54) is 0 Å². The topological polar surface area (TPSA) is 49.4 Å². The van der Waals surface area contributed by atoms with Crippen LogP contribution in [-0.4, -0.2) is 35.8 Å². The highest BCUT2D eigenvalue weighted by molar-refractivity contribution is 5.88. The van der Waals surface area contributed by atoms with Gasteiger partial charge in [-0.15, -0.1) is 0 Å². The smallest absolute Gasteiger partial charge is 0.244 e. The molecule has 0 spiro atoms. The molecule has 1 aliphatic rings. The summed E-state index contributed by atoms with van der Waals surface area (Å²) in [5.41, 5.74) is 0.959. The van der Waals surface area contributed by atoms with Gasteiger partial charge in [0.05, 0.1) is 6.42 Å². The lowest BCUT2D eigenvalue weighted by Crippen LogP contribution is -2.46. The third-order valence-electron chi connectivity index (χ3n) is 3.37. The second-order valence-corrected chi connectivity index (χ2v) is 4.98. The number of nitrogens with zero attached hydrogens (tertiary/aromatic N) is 1. The lowest BCUT2D eigenvalue weighted by atomic mass is 10.1. The molecule has 1 saturated heterocycles. The zero-order valence-electron chi connectivity index (χ0n) is 11.3. The summed E-state index contributed by atoms with van der Waals surface area (Å²) in [6.07, 6.45) is 2.45. The van der Waals surface area contributed by atoms with E-state index in [2.05, 4.69) is 5.32 Å². The minimum Gasteiger partial charge on any atom is -0.344 e. The summed E-state index contributed by atoms with van der Waals surface area (Å²) in [5.74, 6) is -0.0786. The van der Waals surface area contributed by atoms with Gasteiger partial charge in [-0.05, 0) is 25.3 Å². The quantitative estimate of drug-likeness (QED) is 0.888. The van der Waals surface area contributed by atoms with Crippen molar-refractivity contribution < 1.29 is 9.59 Å². The van der Waals surface area contributed by atoms with Crippen molar-refractivity contribution >= 4 is 11.8 Å². The standard InChI is InChI=1S/C15H20N2O2/c1-12(15(19)17-9-5-6-10-17)16-14(18)11-13-7-3-2-4-8-13/h2-4,7-8,12H,5-6,9-11H2,1H3,(H,16,18)/t12-/m0/s1. The maximum Gasteiger partial charge on any atom is 0.244 e. The van der Waals surface area contributed by atoms with Crippen molar-refractivity contribution in [2.24, 2.45) is 0 Å². The van der Waals surface area contributed by atoms with Crippen LogP contribution in [0, 0.1) is 0 Å². The van der Waals surface area contributed by atoms with Crippen molar-refractivity contribution in [3.8, 4) is 0 Å². The van der Waals surface area contributed by atoms with E-state index in [1.807, 2.05) is 35.2 Å². The fraction of sp³-hybridized carbons (Fsp3) is 0.467. The van der Waals surface area contributed by atoms with Crippen LogP contribution in [0.15, 0.2) is 30.3 Å². The predicted octanol–water partition coefficient (Wildman–Crippen LogP) is 1.36. The minimum atomic E-state index is -0.436. The maximum atomic E-state index is 12.0. The van der Waals surface area contributed by atoms with Crippen LogP contribution in [-0.2, 0) is 16.0 Å². The summed E-state index contributed by atoms with van der Waals surface area (Å²) < 4.78 is 0. The van der Waals surface area contributed by atoms with E-state index in [1.54, 1.807) is 6.92 Å². The Bertz CT molecular complexity index is 439. The average molecular weight is 260 g/mol. The van der Waals surface area contributed by atoms with E-state index < -0.39 is 6.04 Å². The Balaban J connectivity index is 1.83. The zero-order valence-corrected chi connectivity index (χ0v) is 11.3. The highest BCUT2D eigenvalue weighted by Crippen LogP contribution is 2.09. The molecule has 1 N–H and O–H groups in total. The van der Waals surface area contributed by atoms with Gasteiger partial charge in [-0.2, -0.15) is 0 Å². The molecule has 1 heterocycles. The molecule has 4 heteroatoms. The molecule has 0 unspecified atom stereocenters. The highest BCUT2D eigenvalue weighted by atomic mass is 16.2. The molecule has 0 bridgehead atoms. The molecule has 0 aromatic heterocycles. The summed E-state index contributed by atoms with van der Waals surface area (Å²) >= 11 is 0. The number of rotatable bonds is 4. The zero-order chi connectivity index (χ0) is 13.7. The van der Waals surface area contributed by atoms with E-state index in [0.29, 0.717) is 6.42 Å². The van der Waals surface area contributed by atoms with Gasteiger partial charge in [0.25, 0.3) is 0 Å². The van der Waals surface area contributed by atoms with Gasteiger partial charge in [0.15, 0.2) is 0 Å². The number of hydrogen-bond donors (Lipinski definition) is 1. The lowest BCUT2D eigenvalue weighted by molar-refractivity contribution is -0.134. The minimum absolute atomic E-state index is 0.0268. The van der Waals surface area contributed by atoms with Gasteiger partial charge in [-0.1, -0.05) is 30.3 Å². The van der Waals surface area contributed by atoms with Crippen LogP contribution in [0.3, 0.4) is 0 Å². The fourth-order valence-corrected chi connectivity index (χ4v) is 2.35. The fourth-order valence-electron chi connectivity index (χ4n) is 2.35. The van der Waals surface area contributed by atoms with Gasteiger partial charge in [0, 0.05) is 13.1 Å². The Morgan fingerprint density at radius 1 is 1.21 bits per heavy atom. The number of hydrogen-bond acceptors (Lipinski definition) is 2. The van der Waals surface area contributed by atoms with Crippen molar-refractivity contribution in [1.29, 1.82) is 0 Å². The second kappa shape index (κ2) is 6.36. The molecule has 102 valence electrons. The van der Waals surface area contributed by atoms with Crippen LogP contribution in [0.25, 0.3) is 0 Å². The highest BCUT2D eigenvalue weighted by Gasteiger charge is 2.24. The van der Waals surface area contributed by atoms with Crippen molar-refractivity contribution in [2.75, 3.05) is 13.1 Å². The molecule has 0 aliphatic carbocycles. The van der Waals surface area contributed by atoms with Gasteiger partial charge in [0.1, 0.15) is 6.04 Å². The van der Waals surface area contributed by atoms with Crippen LogP contribution in [0.1, 0.15) is 25.3 Å². The van der Waals surface area contributed by atoms with E-state index in [-0.39, 0.29) is 11.8 Å². The van der Waals surface area contributed by atoms with Crippen molar-refractivity contribution in [3.63, 3.8) is 0 Å². The van der Waals surface area contributed by atoms with Crippen LogP contribution >= 0.6 is 0 Å². The third-order valence-corrected chi connectivity index (χ3v) is 3.37. The predicted molar refractivity (Wildman–Crippen MR) is 73.6 cm³/mol. The first-order chi connectivity index (χ1) is 9.16. The Kier molecular flexibility index (Phi) is 4.55. The van der Waals surface area contributed by atoms with Crippen LogP contribution < -0.4 is 5.32 Å². The Hall–Kier alpha value is -1.84. The Labute approximate surface area is 113 Å². The summed E-state index contributed by atoms with van der Waals surface area (Å²) in [5, 5.41) is 2.77. The first kappa shape index (κ1) is 13.6. The van der Waals surface area contributed by atoms with E-state index in [4.69, 9.17) is 0 Å². The number of carbonyl (C=O) groups excluding carboxylic acids is 2. The molecular formula is C15H20N2O2. The number of nitrogens with one attached hydrogen (secondary N) is 1. The number of amides is 2. The molecule has 1 atom stereocenters. The first-order valence-corrected chi connectivity index (χ1v) is 6.79. The molecule has 1 aromatic carbocycles. The van der Waals surface area contributed by atoms with Gasteiger partial charge < -0.3 is 10.2 Å². The van der Waals surface area contributed by atoms with E-state index in [0.717, 1.165) is 31.5 Å². The molecule has 0 radical (unpaired) electrons. The Morgan fingerprint density at radius 3 is 2.47 bits per heavy atom. The van der Waals surface area contributed by atoms with Gasteiger partial charge in [-0.3, -0.25) is 9.59 Å². The number of likely N-dealkylation sites (tertiary alicyclic amines) is 1. The van der Waals surface area contributed by atoms with Gasteiger partial charge >= 0.3 is 0 Å². The van der Waals surface area contributed by atoms with Crippen LogP contribution in [0.2, 0.25) is 0 Å². The summed E-state index contributed by atoms with van der Waals surface area (Å²) in [4.78, 5) is 25.7. The summed E-state index contributed by atoms with van der Waals surface area (Å²) in [6, 6.07) is 9.11. The van der Waals surface area contributed by atoms with Crippen molar-refractivity contribution in [2.45, 2.75) is 32.2 Å². The van der Waals surface area contributed by atoms with Gasteiger partial charge in [-0.25, -0.2) is 0 Å². The molecule has 1 aromatic rings. The third kappa shape index (κ3) is 3.81. The van der Waals surface area contributed by atoms with Crippen molar-refractivity contribution in [1.82, 2.24) is 10.2 Å². The van der Waals surface area contributed by atoms with Crippen LogP contribution in [0.5, 0.6) is 0 Å². The molecule has 0 saturated carbocycles. The largest absolute Gasteiger partial charge is 0.344 e. The first-order valence-electron chi connectivity index (χ1n) is 6.79. The molecule has 19 heavy (non-hydrogen) atoms. The van der Waals surface area contributed by atoms with Crippen molar-refractivity contribution in [3.05, 3.63) is 35.9 Å². The normalized spacial score (nSPS) is 16.2. The Morgan fingerprint density at radius 2 is 1.84 bits per heavy atom. The molecule has 1 fully saturated rings. The average Bonchev–Trinajstić information content (AvgIpc) is 2.92.